The van der Waals surface area contributed by atoms with Gasteiger partial charge < -0.3 is 0 Å². The van der Waals surface area contributed by atoms with Gasteiger partial charge in [0, 0.05) is 11.1 Å². The molecule has 0 fully saturated rings. The molecule has 0 radical (unpaired) electrons. The SMILES string of the molecule is Cc1cccc(CS(=O)(=O)NC(C)(C)c2nc(C)cs2)c1. The lowest BCUT2D eigenvalue weighted by atomic mass is 10.1. The molecule has 6 heteroatoms. The molecule has 0 amide bonds. The third kappa shape index (κ3) is 4.36. The molecule has 1 heterocycles. The van der Waals surface area contributed by atoms with Gasteiger partial charge >= 0.3 is 0 Å². The van der Waals surface area contributed by atoms with Crippen molar-refractivity contribution in [2.45, 2.75) is 39.0 Å². The monoisotopic (exact) mass is 324 g/mol. The van der Waals surface area contributed by atoms with E-state index < -0.39 is 15.6 Å². The highest BCUT2D eigenvalue weighted by atomic mass is 32.2. The first kappa shape index (κ1) is 16.1. The summed E-state index contributed by atoms with van der Waals surface area (Å²) in [5.41, 5.74) is 2.04. The van der Waals surface area contributed by atoms with Crippen LogP contribution in [0.3, 0.4) is 0 Å². The van der Waals surface area contributed by atoms with Gasteiger partial charge in [0.2, 0.25) is 10.0 Å². The molecule has 0 aliphatic heterocycles. The highest BCUT2D eigenvalue weighted by Gasteiger charge is 2.29. The first-order valence-electron chi connectivity index (χ1n) is 6.68. The Hall–Kier alpha value is -1.24. The number of sulfonamides is 1. The van der Waals surface area contributed by atoms with Gasteiger partial charge in [-0.05, 0) is 33.3 Å². The minimum atomic E-state index is -3.43. The number of hydrogen-bond acceptors (Lipinski definition) is 4. The topological polar surface area (TPSA) is 59.1 Å². The lowest BCUT2D eigenvalue weighted by Gasteiger charge is -2.23. The fraction of sp³-hybridized carbons (Fsp3) is 0.400. The molecule has 4 nitrogen and oxygen atoms in total. The smallest absolute Gasteiger partial charge is 0.216 e. The fourth-order valence-electron chi connectivity index (χ4n) is 2.13. The molecule has 2 rings (SSSR count). The average Bonchev–Trinajstić information content (AvgIpc) is 2.74. The maximum atomic E-state index is 12.4. The molecule has 1 aromatic heterocycles. The van der Waals surface area contributed by atoms with E-state index in [1.807, 2.05) is 57.3 Å². The minimum absolute atomic E-state index is 0.0253. The van der Waals surface area contributed by atoms with E-state index in [2.05, 4.69) is 9.71 Å². The fourth-order valence-corrected chi connectivity index (χ4v) is 4.64. The standard InChI is InChI=1S/C15H20N2O2S2/c1-11-6-5-7-13(8-11)10-21(18,19)17-15(3,4)14-16-12(2)9-20-14/h5-9,17H,10H2,1-4H3. The molecule has 0 saturated carbocycles. The van der Waals surface area contributed by atoms with Crippen molar-refractivity contribution < 1.29 is 8.42 Å². The Morgan fingerprint density at radius 3 is 2.57 bits per heavy atom. The molecule has 1 aromatic carbocycles. The number of aryl methyl sites for hydroxylation is 2. The van der Waals surface area contributed by atoms with Crippen LogP contribution < -0.4 is 4.72 Å². The van der Waals surface area contributed by atoms with Crippen LogP contribution in [-0.4, -0.2) is 13.4 Å². The zero-order valence-electron chi connectivity index (χ0n) is 12.7. The lowest BCUT2D eigenvalue weighted by Crippen LogP contribution is -2.41. The molecule has 21 heavy (non-hydrogen) atoms. The predicted octanol–water partition coefficient (Wildman–Crippen LogP) is 3.11. The van der Waals surface area contributed by atoms with Crippen molar-refractivity contribution in [1.29, 1.82) is 0 Å². The van der Waals surface area contributed by atoms with Gasteiger partial charge in [-0.1, -0.05) is 29.8 Å². The minimum Gasteiger partial charge on any atom is -0.245 e. The maximum absolute atomic E-state index is 12.4. The van der Waals surface area contributed by atoms with Crippen molar-refractivity contribution in [2.24, 2.45) is 0 Å². The van der Waals surface area contributed by atoms with E-state index in [0.29, 0.717) is 0 Å². The summed E-state index contributed by atoms with van der Waals surface area (Å²) in [7, 11) is -3.43. The molecule has 0 atom stereocenters. The summed E-state index contributed by atoms with van der Waals surface area (Å²) in [6.07, 6.45) is 0. The normalized spacial score (nSPS) is 12.6. The first-order valence-corrected chi connectivity index (χ1v) is 9.21. The zero-order chi connectivity index (χ0) is 15.7. The van der Waals surface area contributed by atoms with Crippen molar-refractivity contribution in [3.8, 4) is 0 Å². The Labute approximate surface area is 130 Å². The summed E-state index contributed by atoms with van der Waals surface area (Å²) in [5.74, 6) is -0.0253. The predicted molar refractivity (Wildman–Crippen MR) is 86.8 cm³/mol. The molecule has 0 unspecified atom stereocenters. The number of hydrogen-bond donors (Lipinski definition) is 1. The molecular weight excluding hydrogens is 304 g/mol. The van der Waals surface area contributed by atoms with E-state index in [9.17, 15) is 8.42 Å². The van der Waals surface area contributed by atoms with E-state index in [0.717, 1.165) is 21.8 Å². The van der Waals surface area contributed by atoms with Crippen LogP contribution in [0, 0.1) is 13.8 Å². The summed E-state index contributed by atoms with van der Waals surface area (Å²) in [5, 5.41) is 2.69. The number of nitrogens with zero attached hydrogens (tertiary/aromatic N) is 1. The highest BCUT2D eigenvalue weighted by Crippen LogP contribution is 2.25. The van der Waals surface area contributed by atoms with E-state index >= 15 is 0 Å². The van der Waals surface area contributed by atoms with E-state index in [-0.39, 0.29) is 5.75 Å². The third-order valence-electron chi connectivity index (χ3n) is 3.00. The van der Waals surface area contributed by atoms with Crippen LogP contribution >= 0.6 is 11.3 Å². The quantitative estimate of drug-likeness (QED) is 0.919. The molecule has 0 saturated heterocycles. The zero-order valence-corrected chi connectivity index (χ0v) is 14.3. The maximum Gasteiger partial charge on any atom is 0.216 e. The molecule has 0 spiro atoms. The van der Waals surface area contributed by atoms with Crippen molar-refractivity contribution >= 4 is 21.4 Å². The molecular formula is C15H20N2O2S2. The summed E-state index contributed by atoms with van der Waals surface area (Å²) in [6, 6.07) is 7.54. The van der Waals surface area contributed by atoms with Gasteiger partial charge in [0.25, 0.3) is 0 Å². The Bertz CT molecular complexity index is 734. The van der Waals surface area contributed by atoms with Gasteiger partial charge in [0.05, 0.1) is 11.3 Å². The Morgan fingerprint density at radius 1 is 1.29 bits per heavy atom. The first-order chi connectivity index (χ1) is 9.68. The van der Waals surface area contributed by atoms with Gasteiger partial charge in [-0.25, -0.2) is 18.1 Å². The number of nitrogens with one attached hydrogen (secondary N) is 1. The molecule has 0 aliphatic carbocycles. The summed E-state index contributed by atoms with van der Waals surface area (Å²) in [6.45, 7) is 7.52. The second-order valence-electron chi connectivity index (χ2n) is 5.77. The van der Waals surface area contributed by atoms with Crippen molar-refractivity contribution in [3.63, 3.8) is 0 Å². The molecule has 2 aromatic rings. The Kier molecular flexibility index (Phi) is 4.51. The van der Waals surface area contributed by atoms with E-state index in [4.69, 9.17) is 0 Å². The Morgan fingerprint density at radius 2 is 2.00 bits per heavy atom. The van der Waals surface area contributed by atoms with Crippen molar-refractivity contribution in [1.82, 2.24) is 9.71 Å². The number of benzene rings is 1. The van der Waals surface area contributed by atoms with Crippen LogP contribution in [0.5, 0.6) is 0 Å². The summed E-state index contributed by atoms with van der Waals surface area (Å²) in [4.78, 5) is 4.38. The van der Waals surface area contributed by atoms with Gasteiger partial charge in [-0.2, -0.15) is 0 Å². The van der Waals surface area contributed by atoms with Crippen LogP contribution in [0.4, 0.5) is 0 Å². The number of aromatic nitrogens is 1. The second kappa shape index (κ2) is 5.87. The van der Waals surface area contributed by atoms with Crippen LogP contribution in [0.25, 0.3) is 0 Å². The van der Waals surface area contributed by atoms with Crippen LogP contribution in [-0.2, 0) is 21.3 Å². The van der Waals surface area contributed by atoms with E-state index in [1.54, 1.807) is 0 Å². The van der Waals surface area contributed by atoms with Crippen LogP contribution in [0.2, 0.25) is 0 Å². The Balaban J connectivity index is 2.17. The average molecular weight is 324 g/mol. The van der Waals surface area contributed by atoms with Gasteiger partial charge in [0.15, 0.2) is 0 Å². The van der Waals surface area contributed by atoms with Gasteiger partial charge in [-0.15, -0.1) is 11.3 Å². The molecule has 1 N–H and O–H groups in total. The van der Waals surface area contributed by atoms with Crippen LogP contribution in [0.15, 0.2) is 29.6 Å². The largest absolute Gasteiger partial charge is 0.245 e. The van der Waals surface area contributed by atoms with E-state index in [1.165, 1.54) is 11.3 Å². The van der Waals surface area contributed by atoms with Crippen molar-refractivity contribution in [2.75, 3.05) is 0 Å². The third-order valence-corrected chi connectivity index (χ3v) is 5.82. The number of rotatable bonds is 5. The van der Waals surface area contributed by atoms with Gasteiger partial charge in [-0.3, -0.25) is 0 Å². The highest BCUT2D eigenvalue weighted by molar-refractivity contribution is 7.88. The number of thiazole rings is 1. The molecule has 114 valence electrons. The summed E-state index contributed by atoms with van der Waals surface area (Å²) >= 11 is 1.47. The lowest BCUT2D eigenvalue weighted by molar-refractivity contribution is 0.469. The van der Waals surface area contributed by atoms with Gasteiger partial charge in [0.1, 0.15) is 5.01 Å². The second-order valence-corrected chi connectivity index (χ2v) is 8.35. The van der Waals surface area contributed by atoms with Crippen LogP contribution in [0.1, 0.15) is 35.7 Å². The van der Waals surface area contributed by atoms with Crippen molar-refractivity contribution in [3.05, 3.63) is 51.5 Å². The molecule has 0 bridgehead atoms. The molecule has 0 aliphatic rings. The summed E-state index contributed by atoms with van der Waals surface area (Å²) < 4.78 is 27.5.